The van der Waals surface area contributed by atoms with Crippen molar-refractivity contribution in [1.29, 1.82) is 0 Å². The molecule has 0 aromatic rings. The summed E-state index contributed by atoms with van der Waals surface area (Å²) in [7, 11) is 0. The third kappa shape index (κ3) is 1.31. The van der Waals surface area contributed by atoms with Crippen LogP contribution in [0.5, 0.6) is 0 Å². The van der Waals surface area contributed by atoms with E-state index in [1.807, 2.05) is 0 Å². The minimum atomic E-state index is -0.130. The van der Waals surface area contributed by atoms with Crippen molar-refractivity contribution in [3.05, 3.63) is 0 Å². The molecular weight excluding hydrogens is 130 g/mol. The van der Waals surface area contributed by atoms with E-state index in [9.17, 15) is 0 Å². The van der Waals surface area contributed by atoms with Crippen LogP contribution in [-0.2, 0) is 4.74 Å². The van der Waals surface area contributed by atoms with Gasteiger partial charge in [-0.05, 0) is 11.8 Å². The Kier molecular flexibility index (Phi) is 1.99. The Balaban J connectivity index is 2.37. The number of epoxide rings is 1. The highest BCUT2D eigenvalue weighted by atomic mass is 16.7. The van der Waals surface area contributed by atoms with Crippen LogP contribution in [-0.4, -0.2) is 17.5 Å². The van der Waals surface area contributed by atoms with E-state index in [-0.39, 0.29) is 17.7 Å². The number of hydroxylamine groups is 1. The van der Waals surface area contributed by atoms with E-state index in [1.54, 1.807) is 0 Å². The van der Waals surface area contributed by atoms with Crippen molar-refractivity contribution in [2.24, 2.45) is 5.41 Å². The zero-order valence-electron chi connectivity index (χ0n) is 6.72. The molecule has 0 aliphatic carbocycles. The summed E-state index contributed by atoms with van der Waals surface area (Å²) >= 11 is 0. The highest BCUT2D eigenvalue weighted by Gasteiger charge is 2.48. The Morgan fingerprint density at radius 2 is 2.20 bits per heavy atom. The summed E-state index contributed by atoms with van der Waals surface area (Å²) in [5.41, 5.74) is 2.29. The lowest BCUT2D eigenvalue weighted by molar-refractivity contribution is 0.119. The fraction of sp³-hybridized carbons (Fsp3) is 1.00. The molecule has 2 unspecified atom stereocenters. The largest absolute Gasteiger partial charge is 0.350 e. The fourth-order valence-corrected chi connectivity index (χ4v) is 1.01. The maximum atomic E-state index is 8.46. The van der Waals surface area contributed by atoms with E-state index in [0.717, 1.165) is 6.42 Å². The van der Waals surface area contributed by atoms with Crippen LogP contribution in [0.4, 0.5) is 0 Å². The van der Waals surface area contributed by atoms with E-state index in [2.05, 4.69) is 26.3 Å². The van der Waals surface area contributed by atoms with Gasteiger partial charge in [-0.25, -0.2) is 0 Å². The number of nitrogens with one attached hydrogen (secondary N) is 1. The second kappa shape index (κ2) is 2.49. The first-order valence-corrected chi connectivity index (χ1v) is 3.67. The number of hydrogen-bond donors (Lipinski definition) is 2. The Labute approximate surface area is 61.3 Å². The van der Waals surface area contributed by atoms with E-state index < -0.39 is 0 Å². The Hall–Kier alpha value is -0.120. The van der Waals surface area contributed by atoms with Crippen molar-refractivity contribution < 1.29 is 9.94 Å². The molecule has 1 aliphatic rings. The van der Waals surface area contributed by atoms with Gasteiger partial charge in [0.05, 0.1) is 0 Å². The summed E-state index contributed by atoms with van der Waals surface area (Å²) in [4.78, 5) is 0. The minimum absolute atomic E-state index is 0.130. The summed E-state index contributed by atoms with van der Waals surface area (Å²) in [5.74, 6) is 0. The van der Waals surface area contributed by atoms with Crippen LogP contribution in [0.2, 0.25) is 0 Å². The van der Waals surface area contributed by atoms with E-state index >= 15 is 0 Å². The van der Waals surface area contributed by atoms with E-state index in [4.69, 9.17) is 9.94 Å². The van der Waals surface area contributed by atoms with Crippen LogP contribution in [0.3, 0.4) is 0 Å². The molecule has 10 heavy (non-hydrogen) atoms. The molecule has 1 heterocycles. The predicted molar refractivity (Wildman–Crippen MR) is 37.7 cm³/mol. The van der Waals surface area contributed by atoms with Crippen LogP contribution >= 0.6 is 0 Å². The topological polar surface area (TPSA) is 44.8 Å². The van der Waals surface area contributed by atoms with Gasteiger partial charge in [-0.15, -0.1) is 0 Å². The molecule has 0 radical (unpaired) electrons. The van der Waals surface area contributed by atoms with Crippen molar-refractivity contribution in [3.63, 3.8) is 0 Å². The minimum Gasteiger partial charge on any atom is -0.350 e. The fourth-order valence-electron chi connectivity index (χ4n) is 1.01. The maximum absolute atomic E-state index is 8.46. The van der Waals surface area contributed by atoms with Crippen LogP contribution < -0.4 is 5.48 Å². The van der Waals surface area contributed by atoms with E-state index in [1.165, 1.54) is 0 Å². The highest BCUT2D eigenvalue weighted by molar-refractivity contribution is 4.92. The van der Waals surface area contributed by atoms with Gasteiger partial charge in [0.2, 0.25) is 0 Å². The molecule has 0 aromatic heterocycles. The molecular formula is C7H15NO2. The molecule has 1 fully saturated rings. The van der Waals surface area contributed by atoms with Crippen LogP contribution in [0.15, 0.2) is 0 Å². The predicted octanol–water partition coefficient (Wildman–Crippen LogP) is 1.13. The Morgan fingerprint density at radius 3 is 2.50 bits per heavy atom. The zero-order chi connectivity index (χ0) is 7.78. The van der Waals surface area contributed by atoms with Gasteiger partial charge in [0.25, 0.3) is 0 Å². The van der Waals surface area contributed by atoms with Crippen molar-refractivity contribution in [2.75, 3.05) is 0 Å². The lowest BCUT2D eigenvalue weighted by Gasteiger charge is -2.18. The molecule has 0 bridgehead atoms. The standard InChI is InChI=1S/C7H15NO2/c1-4-7(2,3)5-6(8-9)10-5/h5-6,8-9H,4H2,1-3H3. The average molecular weight is 145 g/mol. The van der Waals surface area contributed by atoms with Gasteiger partial charge in [-0.3, -0.25) is 0 Å². The zero-order valence-corrected chi connectivity index (χ0v) is 6.72. The van der Waals surface area contributed by atoms with Gasteiger partial charge in [-0.1, -0.05) is 20.8 Å². The van der Waals surface area contributed by atoms with Crippen molar-refractivity contribution in [2.45, 2.75) is 39.5 Å². The second-order valence-corrected chi connectivity index (χ2v) is 3.45. The SMILES string of the molecule is CCC(C)(C)C1OC1NO. The highest BCUT2D eigenvalue weighted by Crippen LogP contribution is 2.38. The molecule has 0 amide bonds. The molecule has 3 heteroatoms. The first-order chi connectivity index (χ1) is 4.61. The van der Waals surface area contributed by atoms with Gasteiger partial charge in [-0.2, -0.15) is 5.48 Å². The first-order valence-electron chi connectivity index (χ1n) is 3.67. The summed E-state index contributed by atoms with van der Waals surface area (Å²) < 4.78 is 5.16. The lowest BCUT2D eigenvalue weighted by atomic mass is 9.86. The molecule has 1 aliphatic heterocycles. The second-order valence-electron chi connectivity index (χ2n) is 3.45. The van der Waals surface area contributed by atoms with Gasteiger partial charge in [0.1, 0.15) is 6.10 Å². The van der Waals surface area contributed by atoms with Gasteiger partial charge in [0, 0.05) is 0 Å². The van der Waals surface area contributed by atoms with Crippen LogP contribution in [0.1, 0.15) is 27.2 Å². The average Bonchev–Trinajstić information content (AvgIpc) is 2.66. The quantitative estimate of drug-likeness (QED) is 0.462. The summed E-state index contributed by atoms with van der Waals surface area (Å²) in [6.45, 7) is 6.39. The van der Waals surface area contributed by atoms with Crippen molar-refractivity contribution in [1.82, 2.24) is 5.48 Å². The Bertz CT molecular complexity index is 125. The molecule has 0 aromatic carbocycles. The Morgan fingerprint density at radius 1 is 1.60 bits per heavy atom. The summed E-state index contributed by atoms with van der Waals surface area (Å²) in [6.07, 6.45) is 1.12. The number of ether oxygens (including phenoxy) is 1. The third-order valence-corrected chi connectivity index (χ3v) is 2.30. The van der Waals surface area contributed by atoms with E-state index in [0.29, 0.717) is 0 Å². The third-order valence-electron chi connectivity index (χ3n) is 2.30. The van der Waals surface area contributed by atoms with Crippen LogP contribution in [0, 0.1) is 5.41 Å². The molecule has 2 atom stereocenters. The monoisotopic (exact) mass is 145 g/mol. The lowest BCUT2D eigenvalue weighted by Crippen LogP contribution is -2.25. The summed E-state index contributed by atoms with van der Waals surface area (Å²) in [6, 6.07) is 0. The molecule has 0 spiro atoms. The van der Waals surface area contributed by atoms with Crippen LogP contribution in [0.25, 0.3) is 0 Å². The normalized spacial score (nSPS) is 32.4. The molecule has 1 rings (SSSR count). The summed E-state index contributed by atoms with van der Waals surface area (Å²) in [5, 5.41) is 8.46. The molecule has 0 saturated carbocycles. The molecule has 3 nitrogen and oxygen atoms in total. The van der Waals surface area contributed by atoms with Gasteiger partial charge >= 0.3 is 0 Å². The van der Waals surface area contributed by atoms with Crippen molar-refractivity contribution >= 4 is 0 Å². The smallest absolute Gasteiger partial charge is 0.157 e. The molecule has 60 valence electrons. The van der Waals surface area contributed by atoms with Gasteiger partial charge in [0.15, 0.2) is 6.23 Å². The molecule has 2 N–H and O–H groups in total. The number of rotatable bonds is 3. The van der Waals surface area contributed by atoms with Gasteiger partial charge < -0.3 is 9.94 Å². The maximum Gasteiger partial charge on any atom is 0.157 e. The van der Waals surface area contributed by atoms with Crippen molar-refractivity contribution in [3.8, 4) is 0 Å². The number of hydrogen-bond acceptors (Lipinski definition) is 3. The molecule has 1 saturated heterocycles. The first kappa shape index (κ1) is 7.98.